The Hall–Kier alpha value is -1.26. The van der Waals surface area contributed by atoms with Gasteiger partial charge in [0.05, 0.1) is 5.60 Å². The lowest BCUT2D eigenvalue weighted by Crippen LogP contribution is -2.36. The van der Waals surface area contributed by atoms with Crippen molar-refractivity contribution in [1.82, 2.24) is 5.32 Å². The molecule has 1 rings (SSSR count). The predicted molar refractivity (Wildman–Crippen MR) is 62.6 cm³/mol. The highest BCUT2D eigenvalue weighted by Gasteiger charge is 2.15. The average Bonchev–Trinajstić information content (AvgIpc) is 2.21. The second kappa shape index (κ2) is 5.18. The second-order valence-corrected chi connectivity index (χ2v) is 4.38. The van der Waals surface area contributed by atoms with Gasteiger partial charge < -0.3 is 20.3 Å². The molecule has 0 aliphatic heterocycles. The molecule has 0 saturated carbocycles. The van der Waals surface area contributed by atoms with Crippen LogP contribution >= 0.6 is 0 Å². The zero-order valence-electron chi connectivity index (χ0n) is 9.95. The summed E-state index contributed by atoms with van der Waals surface area (Å²) in [5, 5.41) is 21.9. The first-order chi connectivity index (χ1) is 7.44. The van der Waals surface area contributed by atoms with Gasteiger partial charge >= 0.3 is 0 Å². The summed E-state index contributed by atoms with van der Waals surface area (Å²) in [4.78, 5) is 0. The van der Waals surface area contributed by atoms with Crippen LogP contribution in [0.2, 0.25) is 0 Å². The highest BCUT2D eigenvalue weighted by Crippen LogP contribution is 2.22. The molecule has 4 heteroatoms. The van der Waals surface area contributed by atoms with Crippen LogP contribution in [0, 0.1) is 0 Å². The van der Waals surface area contributed by atoms with Crippen molar-refractivity contribution >= 4 is 0 Å². The fourth-order valence-corrected chi connectivity index (χ4v) is 1.27. The van der Waals surface area contributed by atoms with E-state index < -0.39 is 0 Å². The molecule has 0 atom stereocenters. The second-order valence-electron chi connectivity index (χ2n) is 4.38. The number of phenolic OH excluding ortho intramolecular Hbond substituents is 2. The average molecular weight is 225 g/mol. The van der Waals surface area contributed by atoms with Crippen molar-refractivity contribution < 1.29 is 14.9 Å². The topological polar surface area (TPSA) is 61.7 Å². The van der Waals surface area contributed by atoms with Crippen molar-refractivity contribution in [3.8, 4) is 11.5 Å². The third-order valence-electron chi connectivity index (χ3n) is 2.49. The summed E-state index contributed by atoms with van der Waals surface area (Å²) in [5.41, 5.74) is 0.525. The Balaban J connectivity index is 2.49. The van der Waals surface area contributed by atoms with Gasteiger partial charge in [0.15, 0.2) is 0 Å². The molecular formula is C12H19NO3. The van der Waals surface area contributed by atoms with Gasteiger partial charge in [-0.25, -0.2) is 0 Å². The monoisotopic (exact) mass is 225 g/mol. The highest BCUT2D eigenvalue weighted by atomic mass is 16.5. The number of rotatable bonds is 5. The molecule has 0 unspecified atom stereocenters. The Bertz CT molecular complexity index is 350. The molecule has 3 N–H and O–H groups in total. The lowest BCUT2D eigenvalue weighted by Gasteiger charge is -2.23. The molecule has 0 aliphatic carbocycles. The molecule has 1 aromatic rings. The summed E-state index contributed by atoms with van der Waals surface area (Å²) in [7, 11) is 1.67. The van der Waals surface area contributed by atoms with Crippen molar-refractivity contribution in [1.29, 1.82) is 0 Å². The van der Waals surface area contributed by atoms with Crippen LogP contribution in [-0.4, -0.2) is 29.5 Å². The SMILES string of the molecule is COC(C)(C)CNCc1ccc(O)cc1O. The molecule has 1 aromatic carbocycles. The van der Waals surface area contributed by atoms with Gasteiger partial charge in [0.1, 0.15) is 11.5 Å². The van der Waals surface area contributed by atoms with Gasteiger partial charge in [-0.3, -0.25) is 0 Å². The molecular weight excluding hydrogens is 206 g/mol. The molecule has 0 fully saturated rings. The Morgan fingerprint density at radius 1 is 1.31 bits per heavy atom. The minimum Gasteiger partial charge on any atom is -0.508 e. The number of phenols is 2. The molecule has 4 nitrogen and oxygen atoms in total. The Labute approximate surface area is 95.9 Å². The van der Waals surface area contributed by atoms with Crippen LogP contribution in [0.3, 0.4) is 0 Å². The highest BCUT2D eigenvalue weighted by molar-refractivity contribution is 5.38. The van der Waals surface area contributed by atoms with Gasteiger partial charge in [0.25, 0.3) is 0 Å². The zero-order valence-corrected chi connectivity index (χ0v) is 9.95. The fraction of sp³-hybridized carbons (Fsp3) is 0.500. The van der Waals surface area contributed by atoms with Crippen molar-refractivity contribution in [2.24, 2.45) is 0 Å². The summed E-state index contributed by atoms with van der Waals surface area (Å²) < 4.78 is 5.26. The molecule has 0 bridgehead atoms. The molecule has 0 saturated heterocycles. The van der Waals surface area contributed by atoms with Crippen LogP contribution in [0.25, 0.3) is 0 Å². The maximum Gasteiger partial charge on any atom is 0.123 e. The van der Waals surface area contributed by atoms with Gasteiger partial charge in [0.2, 0.25) is 0 Å². The van der Waals surface area contributed by atoms with Crippen molar-refractivity contribution in [2.45, 2.75) is 26.0 Å². The molecule has 90 valence electrons. The molecule has 16 heavy (non-hydrogen) atoms. The number of benzene rings is 1. The number of methoxy groups -OCH3 is 1. The minimum atomic E-state index is -0.230. The molecule has 0 radical (unpaired) electrons. The Morgan fingerprint density at radius 3 is 2.56 bits per heavy atom. The molecule has 0 heterocycles. The summed E-state index contributed by atoms with van der Waals surface area (Å²) in [6, 6.07) is 4.58. The maximum absolute atomic E-state index is 9.55. The van der Waals surface area contributed by atoms with Crippen molar-refractivity contribution in [3.05, 3.63) is 23.8 Å². The molecule has 0 spiro atoms. The molecule has 0 aromatic heterocycles. The van der Waals surface area contributed by atoms with Crippen LogP contribution < -0.4 is 5.32 Å². The van der Waals surface area contributed by atoms with Gasteiger partial charge in [-0.05, 0) is 19.9 Å². The van der Waals surface area contributed by atoms with Crippen LogP contribution in [0.5, 0.6) is 11.5 Å². The smallest absolute Gasteiger partial charge is 0.123 e. The standard InChI is InChI=1S/C12H19NO3/c1-12(2,16-3)8-13-7-9-4-5-10(14)6-11(9)15/h4-6,13-15H,7-8H2,1-3H3. The normalized spacial score (nSPS) is 11.7. The van der Waals surface area contributed by atoms with E-state index >= 15 is 0 Å². The quantitative estimate of drug-likeness (QED) is 0.712. The lowest BCUT2D eigenvalue weighted by molar-refractivity contribution is 0.0230. The van der Waals surface area contributed by atoms with Crippen LogP contribution in [0.15, 0.2) is 18.2 Å². The Morgan fingerprint density at radius 2 is 2.00 bits per heavy atom. The van der Waals surface area contributed by atoms with E-state index in [9.17, 15) is 5.11 Å². The van der Waals surface area contributed by atoms with Gasteiger partial charge in [-0.1, -0.05) is 6.07 Å². The minimum absolute atomic E-state index is 0.0680. The van der Waals surface area contributed by atoms with Crippen LogP contribution in [-0.2, 0) is 11.3 Å². The van der Waals surface area contributed by atoms with E-state index in [0.29, 0.717) is 13.1 Å². The molecule has 0 aliphatic rings. The first-order valence-electron chi connectivity index (χ1n) is 5.21. The van der Waals surface area contributed by atoms with Gasteiger partial charge in [-0.2, -0.15) is 0 Å². The first kappa shape index (κ1) is 12.8. The zero-order chi connectivity index (χ0) is 12.2. The summed E-state index contributed by atoms with van der Waals surface area (Å²) in [5.74, 6) is 0.168. The summed E-state index contributed by atoms with van der Waals surface area (Å²) >= 11 is 0. The van der Waals surface area contributed by atoms with Crippen LogP contribution in [0.1, 0.15) is 19.4 Å². The number of nitrogens with one attached hydrogen (secondary N) is 1. The fourth-order valence-electron chi connectivity index (χ4n) is 1.27. The van der Waals surface area contributed by atoms with Crippen molar-refractivity contribution in [2.75, 3.05) is 13.7 Å². The van der Waals surface area contributed by atoms with Crippen molar-refractivity contribution in [3.63, 3.8) is 0 Å². The summed E-state index contributed by atoms with van der Waals surface area (Å²) in [6.45, 7) is 5.19. The van der Waals surface area contributed by atoms with Gasteiger partial charge in [-0.15, -0.1) is 0 Å². The van der Waals surface area contributed by atoms with Gasteiger partial charge in [0, 0.05) is 31.8 Å². The number of aromatic hydroxyl groups is 2. The van der Waals surface area contributed by atoms with E-state index in [4.69, 9.17) is 9.84 Å². The number of ether oxygens (including phenoxy) is 1. The summed E-state index contributed by atoms with van der Waals surface area (Å²) in [6.07, 6.45) is 0. The van der Waals surface area contributed by atoms with E-state index in [-0.39, 0.29) is 17.1 Å². The van der Waals surface area contributed by atoms with E-state index in [1.54, 1.807) is 19.2 Å². The predicted octanol–water partition coefficient (Wildman–Crippen LogP) is 1.61. The lowest BCUT2D eigenvalue weighted by atomic mass is 10.1. The van der Waals surface area contributed by atoms with E-state index in [1.165, 1.54) is 6.07 Å². The van der Waals surface area contributed by atoms with Crippen LogP contribution in [0.4, 0.5) is 0 Å². The largest absolute Gasteiger partial charge is 0.508 e. The number of hydrogen-bond acceptors (Lipinski definition) is 4. The van der Waals surface area contributed by atoms with E-state index in [2.05, 4.69) is 5.32 Å². The first-order valence-corrected chi connectivity index (χ1v) is 5.21. The third kappa shape index (κ3) is 3.72. The van der Waals surface area contributed by atoms with E-state index in [0.717, 1.165) is 5.56 Å². The number of hydrogen-bond donors (Lipinski definition) is 3. The van der Waals surface area contributed by atoms with E-state index in [1.807, 2.05) is 13.8 Å². The molecule has 0 amide bonds. The third-order valence-corrected chi connectivity index (χ3v) is 2.49. The maximum atomic E-state index is 9.55. The Kier molecular flexibility index (Phi) is 4.15.